The highest BCUT2D eigenvalue weighted by Gasteiger charge is 2.21. The molecule has 7 heteroatoms. The standard InChI is InChI=1S/C20H20F2N2O3/c21-20(22)27-17-5-2-1-4-15(17)13-23-18(25)12-14-7-9-16(10-8-14)24-11-3-6-19(24)26/h1-2,4-5,7-10,20H,3,6,11-13H2,(H,23,25). The highest BCUT2D eigenvalue weighted by molar-refractivity contribution is 5.95. The second-order valence-electron chi connectivity index (χ2n) is 6.26. The Labute approximate surface area is 155 Å². The third kappa shape index (κ3) is 5.03. The molecule has 0 aromatic heterocycles. The van der Waals surface area contributed by atoms with Gasteiger partial charge in [0.2, 0.25) is 11.8 Å². The number of carbonyl (C=O) groups excluding carboxylic acids is 2. The van der Waals surface area contributed by atoms with Crippen LogP contribution < -0.4 is 15.0 Å². The van der Waals surface area contributed by atoms with Gasteiger partial charge in [0, 0.05) is 30.8 Å². The molecule has 5 nitrogen and oxygen atoms in total. The fourth-order valence-corrected chi connectivity index (χ4v) is 3.02. The van der Waals surface area contributed by atoms with E-state index in [1.54, 1.807) is 23.1 Å². The van der Waals surface area contributed by atoms with Crippen molar-refractivity contribution in [3.05, 3.63) is 59.7 Å². The first kappa shape index (κ1) is 18.8. The Hall–Kier alpha value is -2.96. The van der Waals surface area contributed by atoms with Gasteiger partial charge in [0.15, 0.2) is 0 Å². The van der Waals surface area contributed by atoms with E-state index < -0.39 is 6.61 Å². The molecule has 0 bridgehead atoms. The molecule has 0 unspecified atom stereocenters. The topological polar surface area (TPSA) is 58.6 Å². The third-order valence-corrected chi connectivity index (χ3v) is 4.35. The quantitative estimate of drug-likeness (QED) is 0.809. The highest BCUT2D eigenvalue weighted by Crippen LogP contribution is 2.22. The lowest BCUT2D eigenvalue weighted by molar-refractivity contribution is -0.120. The minimum atomic E-state index is -2.91. The highest BCUT2D eigenvalue weighted by atomic mass is 19.3. The van der Waals surface area contributed by atoms with E-state index in [-0.39, 0.29) is 30.5 Å². The molecule has 2 aromatic rings. The van der Waals surface area contributed by atoms with Crippen LogP contribution in [0.25, 0.3) is 0 Å². The second kappa shape index (κ2) is 8.62. The minimum absolute atomic E-state index is 0.0485. The molecule has 1 aliphatic heterocycles. The molecule has 1 N–H and O–H groups in total. The third-order valence-electron chi connectivity index (χ3n) is 4.35. The fourth-order valence-electron chi connectivity index (χ4n) is 3.02. The summed E-state index contributed by atoms with van der Waals surface area (Å²) >= 11 is 0. The fraction of sp³-hybridized carbons (Fsp3) is 0.300. The van der Waals surface area contributed by atoms with Gasteiger partial charge in [-0.1, -0.05) is 30.3 Å². The van der Waals surface area contributed by atoms with Crippen LogP contribution in [0, 0.1) is 0 Å². The number of benzene rings is 2. The van der Waals surface area contributed by atoms with E-state index in [4.69, 9.17) is 0 Å². The Kier molecular flexibility index (Phi) is 6.01. The Morgan fingerprint density at radius 3 is 2.56 bits per heavy atom. The number of nitrogens with one attached hydrogen (secondary N) is 1. The molecule has 0 spiro atoms. The van der Waals surface area contributed by atoms with E-state index in [1.165, 1.54) is 6.07 Å². The van der Waals surface area contributed by atoms with Crippen LogP contribution in [0.15, 0.2) is 48.5 Å². The van der Waals surface area contributed by atoms with Gasteiger partial charge < -0.3 is 15.0 Å². The van der Waals surface area contributed by atoms with Crippen LogP contribution in [0.2, 0.25) is 0 Å². The molecule has 2 amide bonds. The van der Waals surface area contributed by atoms with E-state index in [2.05, 4.69) is 10.1 Å². The molecule has 0 aliphatic carbocycles. The molecule has 1 saturated heterocycles. The lowest BCUT2D eigenvalue weighted by atomic mass is 10.1. The van der Waals surface area contributed by atoms with Gasteiger partial charge in [0.05, 0.1) is 6.42 Å². The number of amides is 2. The van der Waals surface area contributed by atoms with Crippen molar-refractivity contribution in [2.45, 2.75) is 32.4 Å². The molecule has 3 rings (SSSR count). The first-order chi connectivity index (χ1) is 13.0. The van der Waals surface area contributed by atoms with Crippen molar-refractivity contribution < 1.29 is 23.1 Å². The normalized spacial score (nSPS) is 13.9. The molecule has 1 heterocycles. The number of hydrogen-bond acceptors (Lipinski definition) is 3. The van der Waals surface area contributed by atoms with Gasteiger partial charge in [-0.3, -0.25) is 9.59 Å². The lowest BCUT2D eigenvalue weighted by Gasteiger charge is -2.16. The molecular formula is C20H20F2N2O3. The van der Waals surface area contributed by atoms with E-state index >= 15 is 0 Å². The summed E-state index contributed by atoms with van der Waals surface area (Å²) in [7, 11) is 0. The largest absolute Gasteiger partial charge is 0.434 e. The number of hydrogen-bond donors (Lipinski definition) is 1. The Balaban J connectivity index is 1.55. The zero-order chi connectivity index (χ0) is 19.2. The average molecular weight is 374 g/mol. The Morgan fingerprint density at radius 1 is 1.15 bits per heavy atom. The van der Waals surface area contributed by atoms with Crippen LogP contribution in [0.3, 0.4) is 0 Å². The summed E-state index contributed by atoms with van der Waals surface area (Å²) in [6.07, 6.45) is 1.59. The molecule has 0 saturated carbocycles. The number of halogens is 2. The van der Waals surface area contributed by atoms with Crippen LogP contribution in [-0.2, 0) is 22.6 Å². The molecule has 2 aromatic carbocycles. The summed E-state index contributed by atoms with van der Waals surface area (Å²) in [5, 5.41) is 2.71. The van der Waals surface area contributed by atoms with Crippen LogP contribution in [-0.4, -0.2) is 25.0 Å². The number of alkyl halides is 2. The molecule has 1 fully saturated rings. The van der Waals surface area contributed by atoms with Crippen molar-refractivity contribution in [3.8, 4) is 5.75 Å². The molecule has 0 atom stereocenters. The van der Waals surface area contributed by atoms with Crippen LogP contribution in [0.1, 0.15) is 24.0 Å². The average Bonchev–Trinajstić information content (AvgIpc) is 3.07. The molecule has 27 heavy (non-hydrogen) atoms. The maximum Gasteiger partial charge on any atom is 0.387 e. The summed E-state index contributed by atoms with van der Waals surface area (Å²) in [5.41, 5.74) is 2.12. The summed E-state index contributed by atoms with van der Waals surface area (Å²) < 4.78 is 29.3. The van der Waals surface area contributed by atoms with Gasteiger partial charge in [-0.2, -0.15) is 8.78 Å². The summed E-state index contributed by atoms with van der Waals surface area (Å²) in [4.78, 5) is 25.6. The summed E-state index contributed by atoms with van der Waals surface area (Å²) in [5.74, 6) is -0.0653. The van der Waals surface area contributed by atoms with Crippen LogP contribution >= 0.6 is 0 Å². The van der Waals surface area contributed by atoms with Gasteiger partial charge in [0.1, 0.15) is 5.75 Å². The number of nitrogens with zero attached hydrogens (tertiary/aromatic N) is 1. The van der Waals surface area contributed by atoms with Gasteiger partial charge in [0.25, 0.3) is 0 Å². The van der Waals surface area contributed by atoms with E-state index in [1.807, 2.05) is 24.3 Å². The van der Waals surface area contributed by atoms with Gasteiger partial charge in [-0.15, -0.1) is 0 Å². The maximum absolute atomic E-state index is 12.4. The van der Waals surface area contributed by atoms with Crippen molar-refractivity contribution in [2.75, 3.05) is 11.4 Å². The van der Waals surface area contributed by atoms with Crippen LogP contribution in [0.4, 0.5) is 14.5 Å². The van der Waals surface area contributed by atoms with E-state index in [9.17, 15) is 18.4 Å². The number of ether oxygens (including phenoxy) is 1. The van der Waals surface area contributed by atoms with Crippen molar-refractivity contribution in [1.82, 2.24) is 5.32 Å². The molecule has 1 aliphatic rings. The monoisotopic (exact) mass is 374 g/mol. The number of para-hydroxylation sites is 1. The first-order valence-electron chi connectivity index (χ1n) is 8.71. The van der Waals surface area contributed by atoms with Crippen molar-refractivity contribution in [2.24, 2.45) is 0 Å². The lowest BCUT2D eigenvalue weighted by Crippen LogP contribution is -2.25. The predicted molar refractivity (Wildman–Crippen MR) is 96.7 cm³/mol. The minimum Gasteiger partial charge on any atom is -0.434 e. The Morgan fingerprint density at radius 2 is 1.89 bits per heavy atom. The molecular weight excluding hydrogens is 354 g/mol. The smallest absolute Gasteiger partial charge is 0.387 e. The van der Waals surface area contributed by atoms with Crippen LogP contribution in [0.5, 0.6) is 5.75 Å². The van der Waals surface area contributed by atoms with Gasteiger partial charge >= 0.3 is 6.61 Å². The zero-order valence-electron chi connectivity index (χ0n) is 14.7. The van der Waals surface area contributed by atoms with E-state index in [0.717, 1.165) is 24.2 Å². The molecule has 142 valence electrons. The number of anilines is 1. The van der Waals surface area contributed by atoms with Gasteiger partial charge in [-0.05, 0) is 30.2 Å². The summed E-state index contributed by atoms with van der Waals surface area (Å²) in [6, 6.07) is 13.6. The number of rotatable bonds is 7. The van der Waals surface area contributed by atoms with Crippen molar-refractivity contribution >= 4 is 17.5 Å². The Bertz CT molecular complexity index is 809. The second-order valence-corrected chi connectivity index (χ2v) is 6.26. The summed E-state index contributed by atoms with van der Waals surface area (Å²) in [6.45, 7) is -2.09. The SMILES string of the molecule is O=C(Cc1ccc(N2CCCC2=O)cc1)NCc1ccccc1OC(F)F. The maximum atomic E-state index is 12.4. The predicted octanol–water partition coefficient (Wildman–Crippen LogP) is 3.27. The zero-order valence-corrected chi connectivity index (χ0v) is 14.7. The van der Waals surface area contributed by atoms with Crippen molar-refractivity contribution in [1.29, 1.82) is 0 Å². The van der Waals surface area contributed by atoms with Gasteiger partial charge in [-0.25, -0.2) is 0 Å². The van der Waals surface area contributed by atoms with E-state index in [0.29, 0.717) is 12.0 Å². The molecule has 0 radical (unpaired) electrons. The van der Waals surface area contributed by atoms with Crippen molar-refractivity contribution in [3.63, 3.8) is 0 Å². The first-order valence-corrected chi connectivity index (χ1v) is 8.71. The number of carbonyl (C=O) groups is 2.